The third kappa shape index (κ3) is 6.46. The number of methoxy groups -OCH3 is 1. The SMILES string of the molecule is COCC1(CN(C)c2cc(-c3cc(C4CC4)nc(C(F)(F)F)c3)nc3nc(NC(=O)c4ccc(C(=O)O)cn4)[nH]c23)CCCC1. The fourth-order valence-electron chi connectivity index (χ4n) is 6.11. The summed E-state index contributed by atoms with van der Waals surface area (Å²) in [6.45, 7) is 1.19. The van der Waals surface area contributed by atoms with Crippen molar-refractivity contribution in [3.05, 3.63) is 59.2 Å². The van der Waals surface area contributed by atoms with Crippen LogP contribution in [0.1, 0.15) is 76.7 Å². The van der Waals surface area contributed by atoms with E-state index in [0.717, 1.165) is 50.8 Å². The van der Waals surface area contributed by atoms with E-state index >= 15 is 0 Å². The summed E-state index contributed by atoms with van der Waals surface area (Å²) in [5.74, 6) is -1.77. The highest BCUT2D eigenvalue weighted by Gasteiger charge is 2.37. The Labute approximate surface area is 256 Å². The molecule has 2 fully saturated rings. The first-order valence-corrected chi connectivity index (χ1v) is 14.7. The molecule has 0 aromatic carbocycles. The van der Waals surface area contributed by atoms with Gasteiger partial charge in [0.1, 0.15) is 16.9 Å². The van der Waals surface area contributed by atoms with Crippen LogP contribution >= 0.6 is 0 Å². The van der Waals surface area contributed by atoms with Crippen LogP contribution in [0.5, 0.6) is 0 Å². The molecule has 2 saturated carbocycles. The highest BCUT2D eigenvalue weighted by Crippen LogP contribution is 2.43. The normalized spacial score (nSPS) is 16.2. The number of ether oxygens (including phenoxy) is 1. The number of aromatic nitrogens is 5. The third-order valence-corrected chi connectivity index (χ3v) is 8.44. The molecule has 0 bridgehead atoms. The number of anilines is 2. The van der Waals surface area contributed by atoms with Crippen molar-refractivity contribution < 1.29 is 32.6 Å². The second kappa shape index (κ2) is 11.7. The minimum atomic E-state index is -4.63. The van der Waals surface area contributed by atoms with Gasteiger partial charge in [0.25, 0.3) is 5.91 Å². The Morgan fingerprint density at radius 1 is 1.13 bits per heavy atom. The smallest absolute Gasteiger partial charge is 0.433 e. The lowest BCUT2D eigenvalue weighted by Crippen LogP contribution is -2.37. The molecule has 4 aromatic rings. The van der Waals surface area contributed by atoms with Crippen molar-refractivity contribution >= 4 is 34.7 Å². The van der Waals surface area contributed by atoms with E-state index in [4.69, 9.17) is 9.84 Å². The number of halogens is 3. The molecule has 3 N–H and O–H groups in total. The number of carboxylic acid groups (broad SMARTS) is 1. The van der Waals surface area contributed by atoms with Crippen LogP contribution in [0.4, 0.5) is 24.8 Å². The van der Waals surface area contributed by atoms with Crippen LogP contribution in [0.25, 0.3) is 22.4 Å². The number of nitrogens with one attached hydrogen (secondary N) is 2. The Morgan fingerprint density at radius 3 is 2.51 bits per heavy atom. The maximum Gasteiger partial charge on any atom is 0.433 e. The van der Waals surface area contributed by atoms with Crippen LogP contribution < -0.4 is 10.2 Å². The quantitative estimate of drug-likeness (QED) is 0.196. The lowest BCUT2D eigenvalue weighted by molar-refractivity contribution is -0.141. The molecule has 4 heterocycles. The van der Waals surface area contributed by atoms with Gasteiger partial charge >= 0.3 is 12.1 Å². The molecule has 0 saturated heterocycles. The molecule has 45 heavy (non-hydrogen) atoms. The zero-order chi connectivity index (χ0) is 31.9. The van der Waals surface area contributed by atoms with E-state index < -0.39 is 23.7 Å². The standard InChI is InChI=1S/C31H32F3N7O4/c1-41(15-30(16-45-2)9-3-4-10-30)23-13-22(19-11-21(17-5-6-17)36-24(12-19)31(32,33)34)37-26-25(23)38-29(39-26)40-27(42)20-8-7-18(14-35-20)28(43)44/h7-8,11-14,17H,3-6,9-10,15-16H2,1-2H3,(H,43,44)(H2,37,38,39,40,42). The fourth-order valence-corrected chi connectivity index (χ4v) is 6.11. The summed E-state index contributed by atoms with van der Waals surface area (Å²) < 4.78 is 47.2. The highest BCUT2D eigenvalue weighted by atomic mass is 19.4. The van der Waals surface area contributed by atoms with E-state index in [1.807, 2.05) is 11.9 Å². The molecular formula is C31H32F3N7O4. The molecule has 0 aliphatic heterocycles. The van der Waals surface area contributed by atoms with E-state index in [0.29, 0.717) is 35.7 Å². The summed E-state index contributed by atoms with van der Waals surface area (Å²) in [5, 5.41) is 11.7. The Kier molecular flexibility index (Phi) is 7.93. The summed E-state index contributed by atoms with van der Waals surface area (Å²) in [7, 11) is 3.58. The van der Waals surface area contributed by atoms with E-state index in [1.165, 1.54) is 12.1 Å². The Morgan fingerprint density at radius 2 is 1.89 bits per heavy atom. The monoisotopic (exact) mass is 623 g/mol. The summed E-state index contributed by atoms with van der Waals surface area (Å²) >= 11 is 0. The van der Waals surface area contributed by atoms with Gasteiger partial charge in [-0.1, -0.05) is 12.8 Å². The summed E-state index contributed by atoms with van der Waals surface area (Å²) in [5.41, 5.74) is 1.13. The van der Waals surface area contributed by atoms with Crippen molar-refractivity contribution in [2.75, 3.05) is 37.5 Å². The molecule has 4 aromatic heterocycles. The zero-order valence-electron chi connectivity index (χ0n) is 24.7. The number of H-pyrrole nitrogens is 1. The zero-order valence-corrected chi connectivity index (χ0v) is 24.7. The maximum absolute atomic E-state index is 13.9. The van der Waals surface area contributed by atoms with Crippen molar-refractivity contribution in [2.45, 2.75) is 50.6 Å². The number of hydrogen-bond donors (Lipinski definition) is 3. The van der Waals surface area contributed by atoms with E-state index in [-0.39, 0.29) is 39.7 Å². The van der Waals surface area contributed by atoms with Crippen molar-refractivity contribution in [2.24, 2.45) is 5.41 Å². The summed E-state index contributed by atoms with van der Waals surface area (Å²) in [6.07, 6.45) is 2.14. The van der Waals surface area contributed by atoms with Crippen LogP contribution in [-0.4, -0.2) is 69.2 Å². The van der Waals surface area contributed by atoms with Gasteiger partial charge in [-0.3, -0.25) is 15.1 Å². The number of nitrogens with zero attached hydrogens (tertiary/aromatic N) is 5. The number of alkyl halides is 3. The molecule has 0 radical (unpaired) electrons. The number of imidazole rings is 1. The minimum Gasteiger partial charge on any atom is -0.478 e. The molecular weight excluding hydrogens is 591 g/mol. The fraction of sp³-hybridized carbons (Fsp3) is 0.419. The number of rotatable bonds is 10. The number of amides is 1. The predicted molar refractivity (Wildman–Crippen MR) is 159 cm³/mol. The highest BCUT2D eigenvalue weighted by molar-refractivity contribution is 6.03. The van der Waals surface area contributed by atoms with Crippen LogP contribution in [0.3, 0.4) is 0 Å². The van der Waals surface area contributed by atoms with Gasteiger partial charge in [0, 0.05) is 49.5 Å². The largest absolute Gasteiger partial charge is 0.478 e. The lowest BCUT2D eigenvalue weighted by atomic mass is 9.86. The van der Waals surface area contributed by atoms with Crippen LogP contribution in [-0.2, 0) is 10.9 Å². The molecule has 0 atom stereocenters. The molecule has 14 heteroatoms. The molecule has 6 rings (SSSR count). The van der Waals surface area contributed by atoms with Gasteiger partial charge in [-0.15, -0.1) is 0 Å². The van der Waals surface area contributed by atoms with Crippen molar-refractivity contribution in [3.8, 4) is 11.3 Å². The van der Waals surface area contributed by atoms with Crippen LogP contribution in [0, 0.1) is 5.41 Å². The van der Waals surface area contributed by atoms with E-state index in [1.54, 1.807) is 19.2 Å². The van der Waals surface area contributed by atoms with Gasteiger partial charge in [-0.2, -0.15) is 18.2 Å². The second-order valence-electron chi connectivity index (χ2n) is 11.9. The molecule has 1 amide bonds. The first-order valence-electron chi connectivity index (χ1n) is 14.7. The van der Waals surface area contributed by atoms with Crippen molar-refractivity contribution in [3.63, 3.8) is 0 Å². The van der Waals surface area contributed by atoms with Crippen LogP contribution in [0.15, 0.2) is 36.5 Å². The van der Waals surface area contributed by atoms with Crippen molar-refractivity contribution in [1.29, 1.82) is 0 Å². The van der Waals surface area contributed by atoms with E-state index in [2.05, 4.69) is 30.2 Å². The van der Waals surface area contributed by atoms with Gasteiger partial charge in [-0.25, -0.2) is 14.8 Å². The topological polar surface area (TPSA) is 146 Å². The van der Waals surface area contributed by atoms with Gasteiger partial charge in [0.2, 0.25) is 5.95 Å². The van der Waals surface area contributed by atoms with Gasteiger partial charge < -0.3 is 19.7 Å². The molecule has 2 aliphatic rings. The maximum atomic E-state index is 13.9. The Balaban J connectivity index is 1.41. The first-order chi connectivity index (χ1) is 21.4. The third-order valence-electron chi connectivity index (χ3n) is 8.44. The molecule has 11 nitrogen and oxygen atoms in total. The molecule has 0 spiro atoms. The van der Waals surface area contributed by atoms with Crippen LogP contribution in [0.2, 0.25) is 0 Å². The van der Waals surface area contributed by atoms with E-state index in [9.17, 15) is 22.8 Å². The summed E-state index contributed by atoms with van der Waals surface area (Å²) in [6, 6.07) is 6.96. The molecule has 2 aliphatic carbocycles. The molecule has 236 valence electrons. The van der Waals surface area contributed by atoms with Gasteiger partial charge in [-0.05, 0) is 56.0 Å². The van der Waals surface area contributed by atoms with Crippen molar-refractivity contribution in [1.82, 2.24) is 24.9 Å². The number of carboxylic acids is 1. The van der Waals surface area contributed by atoms with Gasteiger partial charge in [0.15, 0.2) is 5.65 Å². The number of aromatic carboxylic acids is 1. The first kappa shape index (κ1) is 30.4. The number of pyridine rings is 3. The number of carbonyl (C=O) groups excluding carboxylic acids is 1. The predicted octanol–water partition coefficient (Wildman–Crippen LogP) is 5.90. The average Bonchev–Trinajstić information content (AvgIpc) is 3.63. The minimum absolute atomic E-state index is 0.0152. The average molecular weight is 624 g/mol. The molecule has 0 unspecified atom stereocenters. The lowest BCUT2D eigenvalue weighted by Gasteiger charge is -2.34. The number of fused-ring (bicyclic) bond motifs is 1. The number of aromatic amines is 1. The van der Waals surface area contributed by atoms with Gasteiger partial charge in [0.05, 0.1) is 23.6 Å². The summed E-state index contributed by atoms with van der Waals surface area (Å²) in [4.78, 5) is 46.1. The Hall–Kier alpha value is -4.59. The number of hydrogen-bond acceptors (Lipinski definition) is 8. The number of carbonyl (C=O) groups is 2. The Bertz CT molecular complexity index is 1750. The second-order valence-corrected chi connectivity index (χ2v) is 11.9.